The molecule has 1 unspecified atom stereocenters. The second-order valence-corrected chi connectivity index (χ2v) is 8.81. The van der Waals surface area contributed by atoms with Gasteiger partial charge in [0.25, 0.3) is 0 Å². The Kier molecular flexibility index (Phi) is 6.61. The fraction of sp³-hybridized carbons (Fsp3) is 0.316. The summed E-state index contributed by atoms with van der Waals surface area (Å²) in [4.78, 5) is 13.7. The highest BCUT2D eigenvalue weighted by molar-refractivity contribution is 8.00. The third-order valence-electron chi connectivity index (χ3n) is 4.27. The summed E-state index contributed by atoms with van der Waals surface area (Å²) >= 11 is 3.01. The molecule has 3 aromatic rings. The molecule has 0 bridgehead atoms. The summed E-state index contributed by atoms with van der Waals surface area (Å²) < 4.78 is 3.37. The van der Waals surface area contributed by atoms with Gasteiger partial charge in [-0.05, 0) is 26.0 Å². The zero-order valence-corrected chi connectivity index (χ0v) is 18.2. The van der Waals surface area contributed by atoms with Crippen LogP contribution in [0.2, 0.25) is 0 Å². The average Bonchev–Trinajstić information content (AvgIpc) is 3.24. The number of benzene rings is 1. The maximum absolute atomic E-state index is 12.5. The molecule has 1 aromatic carbocycles. The van der Waals surface area contributed by atoms with Gasteiger partial charge in [0, 0.05) is 19.0 Å². The Labute approximate surface area is 177 Å². The van der Waals surface area contributed by atoms with Crippen molar-refractivity contribution in [1.82, 2.24) is 24.5 Å². The number of aryl methyl sites for hydroxylation is 2. The summed E-state index contributed by atoms with van der Waals surface area (Å²) in [5.41, 5.74) is 1.55. The van der Waals surface area contributed by atoms with Gasteiger partial charge in [0.1, 0.15) is 23.3 Å². The van der Waals surface area contributed by atoms with Gasteiger partial charge in [-0.15, -0.1) is 22.0 Å². The van der Waals surface area contributed by atoms with E-state index in [-0.39, 0.29) is 5.91 Å². The Hall–Kier alpha value is -2.77. The first-order valence-corrected chi connectivity index (χ1v) is 10.7. The van der Waals surface area contributed by atoms with Crippen LogP contribution in [0, 0.1) is 18.3 Å². The largest absolute Gasteiger partial charge is 0.309 e. The van der Waals surface area contributed by atoms with Crippen molar-refractivity contribution in [3.63, 3.8) is 0 Å². The standard InChI is InChI=1S/C19H21N7OS2/c1-12-5-7-15(8-6-12)28-11-16-23-24-19(25(16)3)29-13(2)18(27)22-17-14(9-20)10-21-26(17)4/h5-8,10,13H,11H2,1-4H3,(H,22,27). The van der Waals surface area contributed by atoms with Crippen molar-refractivity contribution in [1.29, 1.82) is 5.26 Å². The van der Waals surface area contributed by atoms with Crippen LogP contribution in [0.3, 0.4) is 0 Å². The molecule has 29 heavy (non-hydrogen) atoms. The van der Waals surface area contributed by atoms with Crippen molar-refractivity contribution >= 4 is 35.2 Å². The number of rotatable bonds is 7. The number of amides is 1. The molecule has 0 spiro atoms. The number of carbonyl (C=O) groups excluding carboxylic acids is 1. The SMILES string of the molecule is Cc1ccc(SCc2nnc(SC(C)C(=O)Nc3c(C#N)cnn3C)n2C)cc1. The van der Waals surface area contributed by atoms with Crippen LogP contribution in [-0.4, -0.2) is 35.7 Å². The lowest BCUT2D eigenvalue weighted by atomic mass is 10.2. The van der Waals surface area contributed by atoms with E-state index in [1.54, 1.807) is 25.7 Å². The van der Waals surface area contributed by atoms with Gasteiger partial charge in [-0.3, -0.25) is 9.48 Å². The molecular formula is C19H21N7OS2. The van der Waals surface area contributed by atoms with Gasteiger partial charge in [0.2, 0.25) is 5.91 Å². The highest BCUT2D eigenvalue weighted by Crippen LogP contribution is 2.26. The normalized spacial score (nSPS) is 11.8. The summed E-state index contributed by atoms with van der Waals surface area (Å²) in [5, 5.41) is 24.6. The first kappa shape index (κ1) is 21.0. The second kappa shape index (κ2) is 9.15. The van der Waals surface area contributed by atoms with Crippen molar-refractivity contribution in [3.8, 4) is 6.07 Å². The van der Waals surface area contributed by atoms with Gasteiger partial charge in [-0.1, -0.05) is 29.5 Å². The van der Waals surface area contributed by atoms with Crippen LogP contribution in [0.15, 0.2) is 40.5 Å². The Balaban J connectivity index is 1.61. The molecule has 1 atom stereocenters. The molecule has 10 heteroatoms. The highest BCUT2D eigenvalue weighted by Gasteiger charge is 2.21. The lowest BCUT2D eigenvalue weighted by molar-refractivity contribution is -0.115. The predicted molar refractivity (Wildman–Crippen MR) is 114 cm³/mol. The lowest BCUT2D eigenvalue weighted by Gasteiger charge is -2.12. The summed E-state index contributed by atoms with van der Waals surface area (Å²) in [6.45, 7) is 3.85. The van der Waals surface area contributed by atoms with Gasteiger partial charge in [0.05, 0.1) is 17.2 Å². The molecule has 3 rings (SSSR count). The Morgan fingerprint density at radius 2 is 2.00 bits per heavy atom. The number of nitrogens with zero attached hydrogens (tertiary/aromatic N) is 6. The second-order valence-electron chi connectivity index (χ2n) is 6.45. The maximum atomic E-state index is 12.5. The topological polar surface area (TPSA) is 101 Å². The maximum Gasteiger partial charge on any atom is 0.238 e. The van der Waals surface area contributed by atoms with Crippen LogP contribution >= 0.6 is 23.5 Å². The summed E-state index contributed by atoms with van der Waals surface area (Å²) in [5.74, 6) is 1.68. The van der Waals surface area contributed by atoms with Gasteiger partial charge in [0.15, 0.2) is 5.16 Å². The minimum absolute atomic E-state index is 0.228. The monoisotopic (exact) mass is 427 g/mol. The minimum atomic E-state index is -0.419. The van der Waals surface area contributed by atoms with Crippen LogP contribution in [0.4, 0.5) is 5.82 Å². The smallest absolute Gasteiger partial charge is 0.238 e. The zero-order valence-electron chi connectivity index (χ0n) is 16.6. The number of aromatic nitrogens is 5. The van der Waals surface area contributed by atoms with Gasteiger partial charge >= 0.3 is 0 Å². The van der Waals surface area contributed by atoms with Crippen molar-refractivity contribution in [2.75, 3.05) is 5.32 Å². The molecule has 0 fully saturated rings. The predicted octanol–water partition coefficient (Wildman–Crippen LogP) is 3.14. The van der Waals surface area contributed by atoms with Crippen molar-refractivity contribution in [2.45, 2.75) is 34.9 Å². The summed E-state index contributed by atoms with van der Waals surface area (Å²) in [7, 11) is 3.57. The molecule has 0 aliphatic heterocycles. The van der Waals surface area contributed by atoms with E-state index in [2.05, 4.69) is 51.8 Å². The lowest BCUT2D eigenvalue weighted by Crippen LogP contribution is -2.24. The van der Waals surface area contributed by atoms with E-state index in [1.807, 2.05) is 17.7 Å². The van der Waals surface area contributed by atoms with E-state index < -0.39 is 5.25 Å². The zero-order chi connectivity index (χ0) is 21.0. The average molecular weight is 428 g/mol. The molecular weight excluding hydrogens is 406 g/mol. The van der Waals surface area contributed by atoms with E-state index >= 15 is 0 Å². The third kappa shape index (κ3) is 4.99. The Morgan fingerprint density at radius 1 is 1.28 bits per heavy atom. The molecule has 150 valence electrons. The number of anilines is 1. The molecule has 0 radical (unpaired) electrons. The van der Waals surface area contributed by atoms with Gasteiger partial charge < -0.3 is 9.88 Å². The van der Waals surface area contributed by atoms with E-state index in [4.69, 9.17) is 5.26 Å². The Bertz CT molecular complexity index is 1050. The van der Waals surface area contributed by atoms with E-state index in [9.17, 15) is 4.79 Å². The molecule has 1 N–H and O–H groups in total. The first-order chi connectivity index (χ1) is 13.9. The fourth-order valence-corrected chi connectivity index (χ4v) is 4.16. The number of hydrogen-bond donors (Lipinski definition) is 1. The van der Waals surface area contributed by atoms with Crippen molar-refractivity contribution in [2.24, 2.45) is 14.1 Å². The molecule has 8 nitrogen and oxygen atoms in total. The minimum Gasteiger partial charge on any atom is -0.309 e. The fourth-order valence-electron chi connectivity index (χ4n) is 2.45. The quantitative estimate of drug-likeness (QED) is 0.578. The van der Waals surface area contributed by atoms with E-state index in [0.29, 0.717) is 22.3 Å². The summed E-state index contributed by atoms with van der Waals surface area (Å²) in [6, 6.07) is 10.4. The molecule has 0 saturated heterocycles. The van der Waals surface area contributed by atoms with E-state index in [1.165, 1.54) is 33.1 Å². The Morgan fingerprint density at radius 3 is 2.69 bits per heavy atom. The van der Waals surface area contributed by atoms with Crippen molar-refractivity contribution in [3.05, 3.63) is 47.4 Å². The molecule has 2 heterocycles. The number of nitrogens with one attached hydrogen (secondary N) is 1. The molecule has 2 aromatic heterocycles. The third-order valence-corrected chi connectivity index (χ3v) is 6.41. The van der Waals surface area contributed by atoms with Crippen LogP contribution < -0.4 is 5.32 Å². The first-order valence-electron chi connectivity index (χ1n) is 8.86. The highest BCUT2D eigenvalue weighted by atomic mass is 32.2. The van der Waals surface area contributed by atoms with Crippen LogP contribution in [0.5, 0.6) is 0 Å². The number of carbonyl (C=O) groups is 1. The molecule has 0 aliphatic rings. The molecule has 1 amide bonds. The number of nitriles is 1. The van der Waals surface area contributed by atoms with Gasteiger partial charge in [-0.2, -0.15) is 10.4 Å². The van der Waals surface area contributed by atoms with Gasteiger partial charge in [-0.25, -0.2) is 0 Å². The van der Waals surface area contributed by atoms with Crippen LogP contribution in [0.1, 0.15) is 23.9 Å². The molecule has 0 saturated carbocycles. The summed E-state index contributed by atoms with van der Waals surface area (Å²) in [6.07, 6.45) is 1.42. The molecule has 0 aliphatic carbocycles. The number of thioether (sulfide) groups is 2. The van der Waals surface area contributed by atoms with Crippen LogP contribution in [0.25, 0.3) is 0 Å². The van der Waals surface area contributed by atoms with E-state index in [0.717, 1.165) is 5.82 Å². The van der Waals surface area contributed by atoms with Crippen molar-refractivity contribution < 1.29 is 4.79 Å². The number of hydrogen-bond acceptors (Lipinski definition) is 7. The van der Waals surface area contributed by atoms with Crippen LogP contribution in [-0.2, 0) is 24.6 Å².